The van der Waals surface area contributed by atoms with Gasteiger partial charge in [-0.1, -0.05) is 31.2 Å². The second kappa shape index (κ2) is 11.3. The van der Waals surface area contributed by atoms with Crippen LogP contribution in [0.2, 0.25) is 0 Å². The second-order valence-corrected chi connectivity index (χ2v) is 9.84. The molecule has 1 amide bonds. The SMILES string of the molecule is CCC(N)(Cc1ccc(C(C)C(=O)N2CCNCC2)cc1)C(=O)c1ccc(N2CCNCC2)cc1. The highest BCUT2D eigenvalue weighted by molar-refractivity contribution is 6.03. The van der Waals surface area contributed by atoms with Crippen LogP contribution >= 0.6 is 0 Å². The zero-order valence-electron chi connectivity index (χ0n) is 21.1. The topological polar surface area (TPSA) is 90.7 Å². The summed E-state index contributed by atoms with van der Waals surface area (Å²) in [5.41, 5.74) is 9.51. The summed E-state index contributed by atoms with van der Waals surface area (Å²) in [7, 11) is 0. The second-order valence-electron chi connectivity index (χ2n) is 9.84. The van der Waals surface area contributed by atoms with Gasteiger partial charge in [0.1, 0.15) is 0 Å². The lowest BCUT2D eigenvalue weighted by molar-refractivity contribution is -0.133. The number of ketones is 1. The van der Waals surface area contributed by atoms with Crippen molar-refractivity contribution in [2.45, 2.75) is 38.1 Å². The summed E-state index contributed by atoms with van der Waals surface area (Å²) >= 11 is 0. The maximum atomic E-state index is 13.4. The number of nitrogens with zero attached hydrogens (tertiary/aromatic N) is 2. The van der Waals surface area contributed by atoms with Gasteiger partial charge in [0.25, 0.3) is 0 Å². The molecule has 2 atom stereocenters. The zero-order valence-corrected chi connectivity index (χ0v) is 21.1. The molecule has 0 radical (unpaired) electrons. The van der Waals surface area contributed by atoms with E-state index in [2.05, 4.69) is 15.5 Å². The fraction of sp³-hybridized carbons (Fsp3) is 0.500. The van der Waals surface area contributed by atoms with Crippen molar-refractivity contribution < 1.29 is 9.59 Å². The fourth-order valence-corrected chi connectivity index (χ4v) is 4.99. The first-order valence-electron chi connectivity index (χ1n) is 12.9. The van der Waals surface area contributed by atoms with Gasteiger partial charge in [-0.2, -0.15) is 0 Å². The maximum absolute atomic E-state index is 13.4. The van der Waals surface area contributed by atoms with E-state index >= 15 is 0 Å². The largest absolute Gasteiger partial charge is 0.369 e. The van der Waals surface area contributed by atoms with Gasteiger partial charge >= 0.3 is 0 Å². The van der Waals surface area contributed by atoms with Crippen molar-refractivity contribution in [3.63, 3.8) is 0 Å². The first kappa shape index (κ1) is 25.4. The summed E-state index contributed by atoms with van der Waals surface area (Å²) < 4.78 is 0. The number of benzene rings is 2. The van der Waals surface area contributed by atoms with E-state index in [0.717, 1.165) is 69.2 Å². The Morgan fingerprint density at radius 2 is 1.49 bits per heavy atom. The van der Waals surface area contributed by atoms with Gasteiger partial charge in [0.05, 0.1) is 11.5 Å². The minimum absolute atomic E-state index is 0.0295. The molecule has 7 nitrogen and oxygen atoms in total. The van der Waals surface area contributed by atoms with E-state index in [-0.39, 0.29) is 17.6 Å². The van der Waals surface area contributed by atoms with Crippen molar-refractivity contribution in [2.75, 3.05) is 57.3 Å². The molecule has 2 aromatic rings. The molecular weight excluding hydrogens is 438 g/mol. The predicted molar refractivity (Wildman–Crippen MR) is 141 cm³/mol. The summed E-state index contributed by atoms with van der Waals surface area (Å²) in [5, 5.41) is 6.65. The normalized spacial score (nSPS) is 19.2. The smallest absolute Gasteiger partial charge is 0.229 e. The number of anilines is 1. The third kappa shape index (κ3) is 5.92. The number of nitrogens with two attached hydrogens (primary N) is 1. The molecule has 0 bridgehead atoms. The molecule has 188 valence electrons. The average Bonchev–Trinajstić information content (AvgIpc) is 2.93. The van der Waals surface area contributed by atoms with Crippen molar-refractivity contribution in [1.82, 2.24) is 15.5 Å². The molecule has 0 aromatic heterocycles. The molecule has 0 spiro atoms. The summed E-state index contributed by atoms with van der Waals surface area (Å²) in [5.74, 6) is -0.0506. The Morgan fingerprint density at radius 3 is 2.06 bits per heavy atom. The maximum Gasteiger partial charge on any atom is 0.229 e. The quantitative estimate of drug-likeness (QED) is 0.505. The summed E-state index contributed by atoms with van der Waals surface area (Å²) in [6, 6.07) is 15.9. The van der Waals surface area contributed by atoms with Gasteiger partial charge in [-0.15, -0.1) is 0 Å². The monoisotopic (exact) mass is 477 g/mol. The number of carbonyl (C=O) groups is 2. The Morgan fingerprint density at radius 1 is 0.914 bits per heavy atom. The molecule has 2 aliphatic heterocycles. The van der Waals surface area contributed by atoms with Crippen LogP contribution in [0.5, 0.6) is 0 Å². The fourth-order valence-electron chi connectivity index (χ4n) is 4.99. The van der Waals surface area contributed by atoms with Gasteiger partial charge in [-0.25, -0.2) is 0 Å². The number of amides is 1. The van der Waals surface area contributed by atoms with Crippen LogP contribution in [0.15, 0.2) is 48.5 Å². The number of rotatable bonds is 8. The van der Waals surface area contributed by atoms with Crippen LogP contribution in [0.3, 0.4) is 0 Å². The van der Waals surface area contributed by atoms with Gasteiger partial charge in [0.15, 0.2) is 5.78 Å². The molecule has 2 heterocycles. The van der Waals surface area contributed by atoms with E-state index < -0.39 is 5.54 Å². The molecule has 35 heavy (non-hydrogen) atoms. The van der Waals surface area contributed by atoms with Gasteiger partial charge in [-0.05, 0) is 55.2 Å². The molecule has 0 aliphatic carbocycles. The van der Waals surface area contributed by atoms with E-state index in [0.29, 0.717) is 18.4 Å². The first-order valence-corrected chi connectivity index (χ1v) is 12.9. The van der Waals surface area contributed by atoms with E-state index in [4.69, 9.17) is 5.73 Å². The van der Waals surface area contributed by atoms with Crippen molar-refractivity contribution in [1.29, 1.82) is 0 Å². The third-order valence-electron chi connectivity index (χ3n) is 7.49. The minimum atomic E-state index is -0.972. The molecule has 4 N–H and O–H groups in total. The van der Waals surface area contributed by atoms with Crippen LogP contribution in [0.4, 0.5) is 5.69 Å². The Bertz CT molecular complexity index is 995. The minimum Gasteiger partial charge on any atom is -0.369 e. The van der Waals surface area contributed by atoms with Crippen molar-refractivity contribution in [3.05, 3.63) is 65.2 Å². The van der Waals surface area contributed by atoms with Gasteiger partial charge in [-0.3, -0.25) is 9.59 Å². The van der Waals surface area contributed by atoms with E-state index in [1.54, 1.807) is 0 Å². The Labute approximate surface area is 209 Å². The van der Waals surface area contributed by atoms with Crippen molar-refractivity contribution in [3.8, 4) is 0 Å². The summed E-state index contributed by atoms with van der Waals surface area (Å²) in [6.45, 7) is 11.0. The zero-order chi connectivity index (χ0) is 24.8. The van der Waals surface area contributed by atoms with Crippen LogP contribution in [-0.4, -0.2) is 74.5 Å². The standard InChI is InChI=1S/C28H39N5O2/c1-3-28(29,26(34)24-8-10-25(11-9-24)32-16-12-30-13-17-32)20-22-4-6-23(7-5-22)21(2)27(35)33-18-14-31-15-19-33/h4-11,21,30-31H,3,12-20,29H2,1-2H3. The lowest BCUT2D eigenvalue weighted by Crippen LogP contribution is -2.49. The molecule has 4 rings (SSSR count). The number of hydrogen-bond donors (Lipinski definition) is 3. The van der Waals surface area contributed by atoms with Gasteiger partial charge in [0.2, 0.25) is 5.91 Å². The van der Waals surface area contributed by atoms with E-state index in [9.17, 15) is 9.59 Å². The van der Waals surface area contributed by atoms with Crippen LogP contribution in [-0.2, 0) is 11.2 Å². The molecule has 2 saturated heterocycles. The summed E-state index contributed by atoms with van der Waals surface area (Å²) in [6.07, 6.45) is 1.01. The highest BCUT2D eigenvalue weighted by Gasteiger charge is 2.33. The molecule has 7 heteroatoms. The number of carbonyl (C=O) groups excluding carboxylic acids is 2. The van der Waals surface area contributed by atoms with Gasteiger partial charge in [0, 0.05) is 63.6 Å². The number of nitrogens with one attached hydrogen (secondary N) is 2. The first-order chi connectivity index (χ1) is 16.9. The average molecular weight is 478 g/mol. The predicted octanol–water partition coefficient (Wildman–Crippen LogP) is 2.16. The number of piperazine rings is 2. The molecule has 2 fully saturated rings. The molecule has 2 aromatic carbocycles. The Kier molecular flexibility index (Phi) is 8.21. The molecular formula is C28H39N5O2. The van der Waals surface area contributed by atoms with Crippen molar-refractivity contribution >= 4 is 17.4 Å². The highest BCUT2D eigenvalue weighted by atomic mass is 16.2. The van der Waals surface area contributed by atoms with Gasteiger partial charge < -0.3 is 26.2 Å². The van der Waals surface area contributed by atoms with Crippen LogP contribution in [0.25, 0.3) is 0 Å². The van der Waals surface area contributed by atoms with E-state index in [1.807, 2.05) is 67.3 Å². The van der Waals surface area contributed by atoms with Crippen LogP contribution in [0.1, 0.15) is 47.7 Å². The molecule has 2 aliphatic rings. The highest BCUT2D eigenvalue weighted by Crippen LogP contribution is 2.25. The number of Topliss-reactive ketones (excluding diaryl/α,β-unsaturated/α-hetero) is 1. The number of hydrogen-bond acceptors (Lipinski definition) is 6. The van der Waals surface area contributed by atoms with Crippen molar-refractivity contribution in [2.24, 2.45) is 5.73 Å². The lowest BCUT2D eigenvalue weighted by Gasteiger charge is -2.30. The van der Waals surface area contributed by atoms with Crippen LogP contribution < -0.4 is 21.3 Å². The Hall–Kier alpha value is -2.74. The lowest BCUT2D eigenvalue weighted by atomic mass is 9.82. The van der Waals surface area contributed by atoms with Crippen LogP contribution in [0, 0.1) is 0 Å². The summed E-state index contributed by atoms with van der Waals surface area (Å²) in [4.78, 5) is 30.5. The third-order valence-corrected chi connectivity index (χ3v) is 7.49. The molecule has 0 saturated carbocycles. The molecule has 2 unspecified atom stereocenters. The Balaban J connectivity index is 1.41. The van der Waals surface area contributed by atoms with E-state index in [1.165, 1.54) is 0 Å².